The van der Waals surface area contributed by atoms with Gasteiger partial charge in [0.05, 0.1) is 0 Å². The van der Waals surface area contributed by atoms with Crippen molar-refractivity contribution in [2.45, 2.75) is 6.55 Å². The lowest BCUT2D eigenvalue weighted by atomic mass is 11.8. The maximum absolute atomic E-state index is 7.00. The fourth-order valence-corrected chi connectivity index (χ4v) is 0. The summed E-state index contributed by atoms with van der Waals surface area (Å²) >= 11 is 15.6. The summed E-state index contributed by atoms with van der Waals surface area (Å²) < 4.78 is 0. The molecule has 0 amide bonds. The summed E-state index contributed by atoms with van der Waals surface area (Å²) in [6.45, 7) is 1.62. The number of halogens is 3. The summed E-state index contributed by atoms with van der Waals surface area (Å²) in [5.41, 5.74) is 0. The smallest absolute Gasteiger partial charge is 0.338 e. The lowest BCUT2D eigenvalue weighted by molar-refractivity contribution is 0.399. The average Bonchev–Trinajstić information content (AvgIpc) is 1.36. The highest BCUT2D eigenvalue weighted by Gasteiger charge is 2.13. The summed E-state index contributed by atoms with van der Waals surface area (Å²) in [5.74, 6) is 0. The second-order valence-corrected chi connectivity index (χ2v) is 10.9. The third-order valence-electron chi connectivity index (χ3n) is 0. The van der Waals surface area contributed by atoms with E-state index in [1.807, 2.05) is 0 Å². The van der Waals surface area contributed by atoms with E-state index in [0.29, 0.717) is 0 Å². The van der Waals surface area contributed by atoms with Crippen molar-refractivity contribution in [2.75, 3.05) is 7.11 Å². The van der Waals surface area contributed by atoms with Crippen LogP contribution in [0.25, 0.3) is 0 Å². The highest BCUT2D eigenvalue weighted by atomic mass is 35.8. The first-order chi connectivity index (χ1) is 3.00. The van der Waals surface area contributed by atoms with E-state index in [1.54, 1.807) is 6.55 Å². The number of hydrogen-bond acceptors (Lipinski definition) is 1. The summed E-state index contributed by atoms with van der Waals surface area (Å²) in [6, 6.07) is -2.19. The third kappa shape index (κ3) is 164. The summed E-state index contributed by atoms with van der Waals surface area (Å²) in [5, 5.41) is 7.00. The van der Waals surface area contributed by atoms with E-state index in [4.69, 9.17) is 38.3 Å². The van der Waals surface area contributed by atoms with Crippen molar-refractivity contribution in [2.24, 2.45) is 0 Å². The minimum Gasteiger partial charge on any atom is -0.400 e. The molecule has 1 N–H and O–H groups in total. The SMILES string of the molecule is CO.C[Si](Cl)(Cl)Cl. The molecular formula is C2H7Cl3OSi. The molecule has 0 spiro atoms. The van der Waals surface area contributed by atoms with Crippen LogP contribution in [0.1, 0.15) is 0 Å². The molecular weight excluding hydrogens is 174 g/mol. The van der Waals surface area contributed by atoms with E-state index in [-0.39, 0.29) is 0 Å². The van der Waals surface area contributed by atoms with Gasteiger partial charge in [0.2, 0.25) is 0 Å². The number of aliphatic hydroxyl groups is 1. The Morgan fingerprint density at radius 1 is 1.14 bits per heavy atom. The highest BCUT2D eigenvalue weighted by molar-refractivity contribution is 7.64. The Morgan fingerprint density at radius 3 is 1.14 bits per heavy atom. The van der Waals surface area contributed by atoms with Crippen molar-refractivity contribution in [3.8, 4) is 0 Å². The van der Waals surface area contributed by atoms with Crippen molar-refractivity contribution >= 4 is 39.2 Å². The van der Waals surface area contributed by atoms with Crippen LogP contribution in [0.4, 0.5) is 0 Å². The molecule has 0 fully saturated rings. The molecule has 0 rings (SSSR count). The van der Waals surface area contributed by atoms with Crippen LogP contribution in [-0.4, -0.2) is 18.2 Å². The van der Waals surface area contributed by atoms with Crippen LogP contribution in [0, 0.1) is 0 Å². The number of rotatable bonds is 0. The van der Waals surface area contributed by atoms with E-state index in [0.717, 1.165) is 7.11 Å². The quantitative estimate of drug-likeness (QED) is 0.447. The lowest BCUT2D eigenvalue weighted by Crippen LogP contribution is -1.97. The molecule has 0 saturated heterocycles. The van der Waals surface area contributed by atoms with Crippen molar-refractivity contribution in [1.29, 1.82) is 0 Å². The van der Waals surface area contributed by atoms with Crippen molar-refractivity contribution < 1.29 is 5.11 Å². The van der Waals surface area contributed by atoms with Gasteiger partial charge in [0.15, 0.2) is 0 Å². The molecule has 0 aliphatic heterocycles. The second-order valence-electron chi connectivity index (χ2n) is 0.781. The van der Waals surface area contributed by atoms with Crippen LogP contribution in [-0.2, 0) is 0 Å². The zero-order valence-electron chi connectivity index (χ0n) is 4.08. The summed E-state index contributed by atoms with van der Waals surface area (Å²) in [4.78, 5) is 0. The molecule has 0 aromatic heterocycles. The molecule has 0 unspecified atom stereocenters. The maximum atomic E-state index is 7.00. The standard InChI is InChI=1S/CH3Cl3Si.CH4O/c1-5(2,3)4;1-2/h1H3;2H,1H3. The predicted molar refractivity (Wildman–Crippen MR) is 37.3 cm³/mol. The van der Waals surface area contributed by atoms with Gasteiger partial charge in [0, 0.05) is 7.11 Å². The molecule has 5 heteroatoms. The van der Waals surface area contributed by atoms with Crippen molar-refractivity contribution in [3.05, 3.63) is 0 Å². The first kappa shape index (κ1) is 10.9. The second kappa shape index (κ2) is 5.19. The Labute approximate surface area is 58.3 Å². The van der Waals surface area contributed by atoms with Crippen molar-refractivity contribution in [3.63, 3.8) is 0 Å². The molecule has 0 radical (unpaired) electrons. The lowest BCUT2D eigenvalue weighted by Gasteiger charge is -1.89. The normalized spacial score (nSPS) is 9.43. The van der Waals surface area contributed by atoms with Gasteiger partial charge in [-0.25, -0.2) is 0 Å². The van der Waals surface area contributed by atoms with Crippen LogP contribution in [0.2, 0.25) is 6.55 Å². The molecule has 0 aromatic rings. The monoisotopic (exact) mass is 180 g/mol. The average molecular weight is 182 g/mol. The first-order valence-electron chi connectivity index (χ1n) is 1.51. The van der Waals surface area contributed by atoms with Gasteiger partial charge < -0.3 is 5.11 Å². The van der Waals surface area contributed by atoms with Gasteiger partial charge in [0.25, 0.3) is 0 Å². The summed E-state index contributed by atoms with van der Waals surface area (Å²) in [6.07, 6.45) is 0. The van der Waals surface area contributed by atoms with Gasteiger partial charge in [-0.2, -0.15) is 0 Å². The molecule has 0 heterocycles. The highest BCUT2D eigenvalue weighted by Crippen LogP contribution is 2.17. The van der Waals surface area contributed by atoms with Crippen molar-refractivity contribution in [1.82, 2.24) is 0 Å². The molecule has 7 heavy (non-hydrogen) atoms. The zero-order chi connectivity index (χ0) is 6.50. The van der Waals surface area contributed by atoms with Gasteiger partial charge >= 0.3 is 6.00 Å². The Balaban J connectivity index is 0. The maximum Gasteiger partial charge on any atom is 0.338 e. The molecule has 0 saturated carbocycles. The number of aliphatic hydroxyl groups excluding tert-OH is 1. The molecule has 1 nitrogen and oxygen atoms in total. The molecule has 0 bridgehead atoms. The van der Waals surface area contributed by atoms with Gasteiger partial charge in [-0.15, -0.1) is 33.2 Å². The van der Waals surface area contributed by atoms with E-state index >= 15 is 0 Å². The van der Waals surface area contributed by atoms with E-state index in [2.05, 4.69) is 0 Å². The van der Waals surface area contributed by atoms with E-state index in [9.17, 15) is 0 Å². The van der Waals surface area contributed by atoms with Crippen LogP contribution < -0.4 is 0 Å². The fraction of sp³-hybridized carbons (Fsp3) is 1.00. The summed E-state index contributed by atoms with van der Waals surface area (Å²) in [7, 11) is 1.00. The molecule has 0 atom stereocenters. The number of hydrogen-bond donors (Lipinski definition) is 1. The van der Waals surface area contributed by atoms with E-state index in [1.165, 1.54) is 0 Å². The molecule has 46 valence electrons. The molecule has 0 aliphatic rings. The van der Waals surface area contributed by atoms with Gasteiger partial charge in [0.1, 0.15) is 0 Å². The van der Waals surface area contributed by atoms with Crippen LogP contribution in [0.5, 0.6) is 0 Å². The van der Waals surface area contributed by atoms with Gasteiger partial charge in [-0.05, 0) is 6.55 Å². The largest absolute Gasteiger partial charge is 0.400 e. The van der Waals surface area contributed by atoms with Gasteiger partial charge in [-0.1, -0.05) is 0 Å². The Kier molecular flexibility index (Phi) is 8.10. The minimum absolute atomic E-state index is 1.00. The topological polar surface area (TPSA) is 20.2 Å². The van der Waals surface area contributed by atoms with Crippen LogP contribution >= 0.6 is 33.2 Å². The third-order valence-corrected chi connectivity index (χ3v) is 0. The Morgan fingerprint density at radius 2 is 1.14 bits per heavy atom. The first-order valence-corrected chi connectivity index (χ1v) is 7.05. The van der Waals surface area contributed by atoms with E-state index < -0.39 is 6.00 Å². The molecule has 0 aliphatic carbocycles. The molecule has 0 aromatic carbocycles. The van der Waals surface area contributed by atoms with Crippen LogP contribution in [0.3, 0.4) is 0 Å². The zero-order valence-corrected chi connectivity index (χ0v) is 7.35. The fourth-order valence-electron chi connectivity index (χ4n) is 0. The Bertz CT molecular complexity index is 28.4. The Hall–Kier alpha value is 1.05. The predicted octanol–water partition coefficient (Wildman–Crippen LogP) is 1.88. The minimum atomic E-state index is -2.19. The van der Waals surface area contributed by atoms with Crippen LogP contribution in [0.15, 0.2) is 0 Å². The van der Waals surface area contributed by atoms with Gasteiger partial charge in [-0.3, -0.25) is 0 Å².